The fourth-order valence-corrected chi connectivity index (χ4v) is 2.25. The fourth-order valence-electron chi connectivity index (χ4n) is 1.83. The highest BCUT2D eigenvalue weighted by Gasteiger charge is 2.12. The number of aromatic nitrogens is 1. The molecule has 0 bridgehead atoms. The van der Waals surface area contributed by atoms with E-state index in [1.165, 1.54) is 5.56 Å². The molecule has 0 saturated carbocycles. The first-order valence-corrected chi connectivity index (χ1v) is 6.42. The zero-order chi connectivity index (χ0) is 12.1. The van der Waals surface area contributed by atoms with E-state index in [1.807, 2.05) is 31.4 Å². The van der Waals surface area contributed by atoms with Crippen LogP contribution >= 0.6 is 15.9 Å². The summed E-state index contributed by atoms with van der Waals surface area (Å²) in [5.41, 5.74) is 2.36. The standard InChI is InChI=1S/C14H15BrN2/c1-16-13(11-6-3-2-4-7-11)10-14-12(15)8-5-9-17-14/h2-9,13,16H,10H2,1H3. The number of rotatable bonds is 4. The lowest BCUT2D eigenvalue weighted by Gasteiger charge is -2.16. The Kier molecular flexibility index (Phi) is 4.29. The van der Waals surface area contributed by atoms with E-state index >= 15 is 0 Å². The molecule has 1 N–H and O–H groups in total. The van der Waals surface area contributed by atoms with Crippen molar-refractivity contribution in [1.82, 2.24) is 10.3 Å². The predicted octanol–water partition coefficient (Wildman–Crippen LogP) is 3.35. The number of halogens is 1. The highest BCUT2D eigenvalue weighted by Crippen LogP contribution is 2.21. The zero-order valence-corrected chi connectivity index (χ0v) is 11.3. The largest absolute Gasteiger partial charge is 0.313 e. The maximum atomic E-state index is 4.40. The molecule has 2 aromatic rings. The number of nitrogens with zero attached hydrogens (tertiary/aromatic N) is 1. The lowest BCUT2D eigenvalue weighted by Crippen LogP contribution is -2.19. The number of pyridine rings is 1. The predicted molar refractivity (Wildman–Crippen MR) is 73.9 cm³/mol. The summed E-state index contributed by atoms with van der Waals surface area (Å²) in [6.45, 7) is 0. The van der Waals surface area contributed by atoms with Gasteiger partial charge in [0.1, 0.15) is 0 Å². The normalized spacial score (nSPS) is 12.4. The molecule has 1 heterocycles. The van der Waals surface area contributed by atoms with Crippen LogP contribution in [0.4, 0.5) is 0 Å². The van der Waals surface area contributed by atoms with Crippen molar-refractivity contribution in [2.75, 3.05) is 7.05 Å². The third-order valence-electron chi connectivity index (χ3n) is 2.78. The Morgan fingerprint density at radius 2 is 1.94 bits per heavy atom. The minimum Gasteiger partial charge on any atom is -0.313 e. The number of hydrogen-bond donors (Lipinski definition) is 1. The monoisotopic (exact) mass is 290 g/mol. The van der Waals surface area contributed by atoms with Gasteiger partial charge in [0.15, 0.2) is 0 Å². The Balaban J connectivity index is 2.19. The number of hydrogen-bond acceptors (Lipinski definition) is 2. The average molecular weight is 291 g/mol. The van der Waals surface area contributed by atoms with Crippen molar-refractivity contribution in [1.29, 1.82) is 0 Å². The molecule has 0 aliphatic carbocycles. The first-order valence-electron chi connectivity index (χ1n) is 5.63. The highest BCUT2D eigenvalue weighted by molar-refractivity contribution is 9.10. The van der Waals surface area contributed by atoms with Gasteiger partial charge in [-0.3, -0.25) is 4.98 Å². The second-order valence-corrected chi connectivity index (χ2v) is 4.74. The summed E-state index contributed by atoms with van der Waals surface area (Å²) in [7, 11) is 1.98. The van der Waals surface area contributed by atoms with Crippen LogP contribution in [0.25, 0.3) is 0 Å². The van der Waals surface area contributed by atoms with Gasteiger partial charge in [-0.1, -0.05) is 30.3 Å². The molecule has 0 saturated heterocycles. The van der Waals surface area contributed by atoms with Crippen LogP contribution in [0, 0.1) is 0 Å². The van der Waals surface area contributed by atoms with Gasteiger partial charge in [-0.25, -0.2) is 0 Å². The lowest BCUT2D eigenvalue weighted by molar-refractivity contribution is 0.583. The first-order chi connectivity index (χ1) is 8.31. The molecule has 0 spiro atoms. The van der Waals surface area contributed by atoms with Crippen molar-refractivity contribution >= 4 is 15.9 Å². The van der Waals surface area contributed by atoms with Crippen LogP contribution in [-0.2, 0) is 6.42 Å². The molecule has 0 aliphatic rings. The van der Waals surface area contributed by atoms with Gasteiger partial charge in [0.2, 0.25) is 0 Å². The Bertz CT molecular complexity index is 471. The molecule has 1 atom stereocenters. The summed E-state index contributed by atoms with van der Waals surface area (Å²) in [6.07, 6.45) is 2.71. The summed E-state index contributed by atoms with van der Waals surface area (Å²) in [4.78, 5) is 4.40. The molecule has 0 amide bonds. The smallest absolute Gasteiger partial charge is 0.0564 e. The molecule has 0 aliphatic heterocycles. The van der Waals surface area contributed by atoms with E-state index in [2.05, 4.69) is 50.5 Å². The van der Waals surface area contributed by atoms with Crippen molar-refractivity contribution in [2.24, 2.45) is 0 Å². The molecule has 17 heavy (non-hydrogen) atoms. The van der Waals surface area contributed by atoms with Crippen LogP contribution in [0.3, 0.4) is 0 Å². The van der Waals surface area contributed by atoms with Crippen molar-refractivity contribution in [3.63, 3.8) is 0 Å². The summed E-state index contributed by atoms with van der Waals surface area (Å²) in [5, 5.41) is 3.33. The molecule has 0 radical (unpaired) electrons. The number of likely N-dealkylation sites (N-methyl/N-ethyl adjacent to an activating group) is 1. The maximum Gasteiger partial charge on any atom is 0.0564 e. The van der Waals surface area contributed by atoms with E-state index in [4.69, 9.17) is 0 Å². The Morgan fingerprint density at radius 3 is 2.59 bits per heavy atom. The average Bonchev–Trinajstić information content (AvgIpc) is 2.39. The maximum absolute atomic E-state index is 4.40. The Morgan fingerprint density at radius 1 is 1.18 bits per heavy atom. The van der Waals surface area contributed by atoms with Gasteiger partial charge in [-0.2, -0.15) is 0 Å². The van der Waals surface area contributed by atoms with E-state index in [1.54, 1.807) is 0 Å². The van der Waals surface area contributed by atoms with Gasteiger partial charge in [0.05, 0.1) is 5.69 Å². The molecule has 1 aromatic heterocycles. The van der Waals surface area contributed by atoms with Crippen LogP contribution in [0.5, 0.6) is 0 Å². The van der Waals surface area contributed by atoms with Gasteiger partial charge in [0.25, 0.3) is 0 Å². The van der Waals surface area contributed by atoms with Crippen molar-refractivity contribution in [3.8, 4) is 0 Å². The minimum absolute atomic E-state index is 0.294. The van der Waals surface area contributed by atoms with Crippen molar-refractivity contribution in [2.45, 2.75) is 12.5 Å². The highest BCUT2D eigenvalue weighted by atomic mass is 79.9. The number of nitrogens with one attached hydrogen (secondary N) is 1. The van der Waals surface area contributed by atoms with E-state index in [0.29, 0.717) is 6.04 Å². The van der Waals surface area contributed by atoms with E-state index < -0.39 is 0 Å². The fraction of sp³-hybridized carbons (Fsp3) is 0.214. The van der Waals surface area contributed by atoms with Gasteiger partial charge >= 0.3 is 0 Å². The second kappa shape index (κ2) is 5.94. The topological polar surface area (TPSA) is 24.9 Å². The molecule has 0 fully saturated rings. The minimum atomic E-state index is 0.294. The van der Waals surface area contributed by atoms with Gasteiger partial charge in [-0.05, 0) is 40.7 Å². The SMILES string of the molecule is CNC(Cc1ncccc1Br)c1ccccc1. The molecule has 3 heteroatoms. The molecule has 2 nitrogen and oxygen atoms in total. The first kappa shape index (κ1) is 12.3. The van der Waals surface area contributed by atoms with Crippen LogP contribution in [0.15, 0.2) is 53.1 Å². The van der Waals surface area contributed by atoms with Crippen molar-refractivity contribution in [3.05, 3.63) is 64.4 Å². The van der Waals surface area contributed by atoms with Gasteiger partial charge in [-0.15, -0.1) is 0 Å². The van der Waals surface area contributed by atoms with Gasteiger partial charge < -0.3 is 5.32 Å². The molecule has 1 unspecified atom stereocenters. The van der Waals surface area contributed by atoms with Crippen LogP contribution in [-0.4, -0.2) is 12.0 Å². The van der Waals surface area contributed by atoms with E-state index in [-0.39, 0.29) is 0 Å². The summed E-state index contributed by atoms with van der Waals surface area (Å²) in [5.74, 6) is 0. The molecule has 1 aromatic carbocycles. The molecular weight excluding hydrogens is 276 g/mol. The van der Waals surface area contributed by atoms with Gasteiger partial charge in [0, 0.05) is 23.1 Å². The van der Waals surface area contributed by atoms with Crippen LogP contribution in [0.2, 0.25) is 0 Å². The Labute approximate surface area is 110 Å². The van der Waals surface area contributed by atoms with Crippen LogP contribution < -0.4 is 5.32 Å². The summed E-state index contributed by atoms with van der Waals surface area (Å²) < 4.78 is 1.07. The molecule has 2 rings (SSSR count). The number of benzene rings is 1. The third-order valence-corrected chi connectivity index (χ3v) is 3.50. The summed E-state index contributed by atoms with van der Waals surface area (Å²) in [6, 6.07) is 14.7. The van der Waals surface area contributed by atoms with E-state index in [0.717, 1.165) is 16.6 Å². The van der Waals surface area contributed by atoms with E-state index in [9.17, 15) is 0 Å². The lowest BCUT2D eigenvalue weighted by atomic mass is 10.0. The zero-order valence-electron chi connectivity index (χ0n) is 9.73. The molecule has 88 valence electrons. The second-order valence-electron chi connectivity index (χ2n) is 3.89. The quantitative estimate of drug-likeness (QED) is 0.934. The summed E-state index contributed by atoms with van der Waals surface area (Å²) >= 11 is 3.54. The van der Waals surface area contributed by atoms with Crippen molar-refractivity contribution < 1.29 is 0 Å². The Hall–Kier alpha value is -1.19. The third kappa shape index (κ3) is 3.14. The molecular formula is C14H15BrN2. The van der Waals surface area contributed by atoms with Crippen LogP contribution in [0.1, 0.15) is 17.3 Å².